The number of nitrogens with two attached hydrogens (primary N) is 1. The van der Waals surface area contributed by atoms with E-state index in [0.29, 0.717) is 4.66 Å². The molecule has 1 aliphatic heterocycles. The fraction of sp³-hybridized carbons (Fsp3) is 0.625. The zero-order valence-corrected chi connectivity index (χ0v) is 8.43. The second-order valence-corrected chi connectivity index (χ2v) is 3.59. The molecule has 8 nitrogen and oxygen atoms in total. The number of aliphatic hydroxyl groups is 2. The molecule has 0 amide bonds. The molecular formula is C8H13N4O4+. The molecule has 2 heterocycles. The van der Waals surface area contributed by atoms with E-state index in [-0.39, 0.29) is 18.8 Å². The Labute approximate surface area is 90.5 Å². The van der Waals surface area contributed by atoms with Crippen LogP contribution in [0.2, 0.25) is 0 Å². The first-order valence-electron chi connectivity index (χ1n) is 4.84. The summed E-state index contributed by atoms with van der Waals surface area (Å²) in [5.74, 6) is 0.100. The lowest BCUT2D eigenvalue weighted by atomic mass is 10.2. The molecule has 0 bridgehead atoms. The van der Waals surface area contributed by atoms with Gasteiger partial charge in [0.25, 0.3) is 4.66 Å². The van der Waals surface area contributed by atoms with Crippen molar-refractivity contribution in [1.82, 2.24) is 9.78 Å². The van der Waals surface area contributed by atoms with Crippen molar-refractivity contribution in [2.45, 2.75) is 24.9 Å². The van der Waals surface area contributed by atoms with Gasteiger partial charge in [-0.1, -0.05) is 4.68 Å². The summed E-state index contributed by atoms with van der Waals surface area (Å²) in [5.41, 5.74) is 5.33. The van der Waals surface area contributed by atoms with Crippen LogP contribution in [-0.4, -0.2) is 38.8 Å². The maximum atomic E-state index is 11.4. The first kappa shape index (κ1) is 11.0. The Hall–Kier alpha value is -1.51. The maximum Gasteiger partial charge on any atom is 0.289 e. The highest BCUT2D eigenvalue weighted by molar-refractivity contribution is 5.20. The molecular weight excluding hydrogens is 216 g/mol. The molecule has 0 unspecified atom stereocenters. The Kier molecular flexibility index (Phi) is 2.86. The molecule has 1 aromatic rings. The van der Waals surface area contributed by atoms with E-state index >= 15 is 0 Å². The highest BCUT2D eigenvalue weighted by Crippen LogP contribution is 2.26. The average molecular weight is 229 g/mol. The van der Waals surface area contributed by atoms with Crippen LogP contribution in [0.3, 0.4) is 0 Å². The molecule has 8 heteroatoms. The zero-order chi connectivity index (χ0) is 11.7. The molecule has 88 valence electrons. The fourth-order valence-corrected chi connectivity index (χ4v) is 1.64. The lowest BCUT2D eigenvalue weighted by Gasteiger charge is -2.09. The van der Waals surface area contributed by atoms with Crippen molar-refractivity contribution in [3.8, 4) is 0 Å². The van der Waals surface area contributed by atoms with Gasteiger partial charge in [0.05, 0.1) is 23.8 Å². The highest BCUT2D eigenvalue weighted by Gasteiger charge is 2.37. The molecule has 0 aliphatic carbocycles. The molecule has 2 rings (SSSR count). The van der Waals surface area contributed by atoms with Crippen LogP contribution in [0.4, 0.5) is 5.82 Å². The van der Waals surface area contributed by atoms with Gasteiger partial charge in [-0.15, -0.1) is 0 Å². The Morgan fingerprint density at radius 3 is 3.06 bits per heavy atom. The summed E-state index contributed by atoms with van der Waals surface area (Å²) in [5, 5.41) is 21.9. The summed E-state index contributed by atoms with van der Waals surface area (Å²) in [6, 6.07) is 1.45. The van der Waals surface area contributed by atoms with Gasteiger partial charge in [-0.2, -0.15) is 0 Å². The standard InChI is InChI=1S/C8H13N4O4/c9-7-1-2-11(12(15)10-7)8-3-5(14)6(4-13)16-8/h1-2,5-6,8,13-14H,3-4H2,(H2,9,10,15)/q+1/t5-,6+,8+/m0/s1. The number of aromatic nitrogens is 3. The molecule has 0 aromatic carbocycles. The molecule has 1 aromatic heterocycles. The van der Waals surface area contributed by atoms with Gasteiger partial charge in [0, 0.05) is 12.5 Å². The van der Waals surface area contributed by atoms with Crippen LogP contribution >= 0.6 is 0 Å². The van der Waals surface area contributed by atoms with Crippen LogP contribution in [-0.2, 0) is 4.74 Å². The van der Waals surface area contributed by atoms with E-state index in [1.165, 1.54) is 12.3 Å². The van der Waals surface area contributed by atoms with Gasteiger partial charge in [0.2, 0.25) is 5.82 Å². The second-order valence-electron chi connectivity index (χ2n) is 3.59. The van der Waals surface area contributed by atoms with E-state index in [9.17, 15) is 10.0 Å². The van der Waals surface area contributed by atoms with E-state index in [2.05, 4.69) is 5.10 Å². The van der Waals surface area contributed by atoms with Crippen molar-refractivity contribution in [2.24, 2.45) is 0 Å². The Morgan fingerprint density at radius 2 is 2.50 bits per heavy atom. The number of rotatable bonds is 2. The average Bonchev–Trinajstić information content (AvgIpc) is 2.59. The Bertz CT molecular complexity index is 434. The molecule has 3 atom stereocenters. The van der Waals surface area contributed by atoms with Crippen molar-refractivity contribution in [1.29, 1.82) is 0 Å². The zero-order valence-electron chi connectivity index (χ0n) is 8.43. The van der Waals surface area contributed by atoms with Gasteiger partial charge in [-0.3, -0.25) is 0 Å². The largest absolute Gasteiger partial charge is 0.394 e. The Morgan fingerprint density at radius 1 is 1.75 bits per heavy atom. The van der Waals surface area contributed by atoms with Crippen molar-refractivity contribution < 1.29 is 19.6 Å². The molecule has 16 heavy (non-hydrogen) atoms. The van der Waals surface area contributed by atoms with Crippen LogP contribution < -0.4 is 10.4 Å². The van der Waals surface area contributed by atoms with Gasteiger partial charge >= 0.3 is 0 Å². The van der Waals surface area contributed by atoms with Crippen LogP contribution in [0.25, 0.3) is 0 Å². The third-order valence-corrected chi connectivity index (χ3v) is 2.48. The van der Waals surface area contributed by atoms with Crippen molar-refractivity contribution in [3.63, 3.8) is 0 Å². The van der Waals surface area contributed by atoms with Gasteiger partial charge < -0.3 is 20.7 Å². The van der Waals surface area contributed by atoms with Gasteiger partial charge in [0.1, 0.15) is 11.2 Å². The summed E-state index contributed by atoms with van der Waals surface area (Å²) in [6.07, 6.45) is -0.455. The van der Waals surface area contributed by atoms with E-state index in [4.69, 9.17) is 15.6 Å². The molecule has 0 spiro atoms. The van der Waals surface area contributed by atoms with Crippen molar-refractivity contribution >= 4 is 5.82 Å². The minimum Gasteiger partial charge on any atom is -0.394 e. The maximum absolute atomic E-state index is 11.4. The lowest BCUT2D eigenvalue weighted by molar-refractivity contribution is -0.667. The molecule has 4 N–H and O–H groups in total. The molecule has 1 aliphatic rings. The van der Waals surface area contributed by atoms with Crippen LogP contribution in [0.1, 0.15) is 12.6 Å². The fourth-order valence-electron chi connectivity index (χ4n) is 1.64. The molecule has 0 saturated carbocycles. The number of anilines is 1. The Balaban J connectivity index is 2.23. The van der Waals surface area contributed by atoms with Gasteiger partial charge in [-0.25, -0.2) is 0 Å². The minimum atomic E-state index is -0.792. The van der Waals surface area contributed by atoms with Crippen molar-refractivity contribution in [2.75, 3.05) is 12.3 Å². The van der Waals surface area contributed by atoms with E-state index in [1.807, 2.05) is 0 Å². The lowest BCUT2D eigenvalue weighted by Crippen LogP contribution is -2.37. The summed E-state index contributed by atoms with van der Waals surface area (Å²) in [4.78, 5) is 11.4. The molecule has 1 fully saturated rings. The second kappa shape index (κ2) is 4.16. The van der Waals surface area contributed by atoms with Crippen LogP contribution in [0, 0.1) is 4.91 Å². The summed E-state index contributed by atoms with van der Waals surface area (Å²) < 4.78 is 6.75. The first-order valence-corrected chi connectivity index (χ1v) is 4.84. The monoisotopic (exact) mass is 229 g/mol. The number of aliphatic hydroxyl groups excluding tert-OH is 2. The number of hydrogen-bond donors (Lipinski definition) is 3. The number of nitrogens with zero attached hydrogens (tertiary/aromatic N) is 3. The quantitative estimate of drug-likeness (QED) is 0.506. The normalized spacial score (nSPS) is 29.5. The van der Waals surface area contributed by atoms with Crippen LogP contribution in [0.5, 0.6) is 0 Å². The number of nitrogen functional groups attached to an aromatic ring is 1. The van der Waals surface area contributed by atoms with Gasteiger partial charge in [0.15, 0.2) is 6.23 Å². The van der Waals surface area contributed by atoms with E-state index < -0.39 is 18.4 Å². The van der Waals surface area contributed by atoms with Gasteiger partial charge in [-0.05, 0) is 0 Å². The molecule has 0 radical (unpaired) electrons. The highest BCUT2D eigenvalue weighted by atomic mass is 16.5. The van der Waals surface area contributed by atoms with Crippen LogP contribution in [0.15, 0.2) is 12.3 Å². The predicted molar refractivity (Wildman–Crippen MR) is 51.6 cm³/mol. The van der Waals surface area contributed by atoms with Crippen molar-refractivity contribution in [3.05, 3.63) is 17.2 Å². The topological polar surface area (TPSA) is 117 Å². The third kappa shape index (κ3) is 1.90. The van der Waals surface area contributed by atoms with E-state index in [1.54, 1.807) is 0 Å². The molecule has 1 saturated heterocycles. The third-order valence-electron chi connectivity index (χ3n) is 2.48. The SMILES string of the molecule is Nc1ccn([C@H]2C[C@H](O)[C@@H](CO)O2)[n+](=O)n1. The van der Waals surface area contributed by atoms with E-state index in [0.717, 1.165) is 4.68 Å². The summed E-state index contributed by atoms with van der Waals surface area (Å²) in [7, 11) is 0. The first-order chi connectivity index (χ1) is 7.61. The summed E-state index contributed by atoms with van der Waals surface area (Å²) in [6.45, 7) is -0.292. The predicted octanol–water partition coefficient (Wildman–Crippen LogP) is -1.98. The smallest absolute Gasteiger partial charge is 0.289 e. The number of ether oxygens (including phenoxy) is 1. The number of hydrogen-bond acceptors (Lipinski definition) is 6. The minimum absolute atomic E-state index is 0.100. The summed E-state index contributed by atoms with van der Waals surface area (Å²) >= 11 is 0.